The molecule has 3 nitrogen and oxygen atoms in total. The molecule has 0 N–H and O–H groups in total. The minimum Gasteiger partial charge on any atom is -0.487 e. The molecule has 0 saturated heterocycles. The molecule has 3 heterocycles. The fourth-order valence-electron chi connectivity index (χ4n) is 27.0. The first-order valence-corrected chi connectivity index (χ1v) is 57.0. The molecule has 10 aromatic carbocycles. The first-order valence-electron chi connectivity index (χ1n) is 57.0. The Kier molecular flexibility index (Phi) is 37.7. The smallest absolute Gasteiger partial charge is 0.201 e. The van der Waals surface area contributed by atoms with Crippen LogP contribution >= 0.6 is 0 Å². The molecule has 0 bridgehead atoms. The number of aryl methyl sites for hydroxylation is 10. The molecular weight excluding hydrogens is 1860 g/mol. The van der Waals surface area contributed by atoms with Crippen molar-refractivity contribution in [3.63, 3.8) is 0 Å². The van der Waals surface area contributed by atoms with Gasteiger partial charge in [-0.25, -0.2) is 39.5 Å². The van der Waals surface area contributed by atoms with Gasteiger partial charge in [-0.2, -0.15) is 13.2 Å². The van der Waals surface area contributed by atoms with Gasteiger partial charge in [-0.15, -0.1) is 0 Å². The number of rotatable bonds is 14. The fraction of sp³-hybridized carbons (Fsp3) is 0.576. The first kappa shape index (κ1) is 112. The van der Waals surface area contributed by atoms with Gasteiger partial charge in [-0.05, 0) is 459 Å². The molecule has 147 heavy (non-hydrogen) atoms. The van der Waals surface area contributed by atoms with Gasteiger partial charge in [0.2, 0.25) is 17.5 Å². The van der Waals surface area contributed by atoms with Gasteiger partial charge in [0.25, 0.3) is 0 Å². The van der Waals surface area contributed by atoms with Crippen LogP contribution in [0.2, 0.25) is 0 Å². The van der Waals surface area contributed by atoms with E-state index >= 15 is 8.78 Å². The number of hydrogen-bond donors (Lipinski definition) is 0. The van der Waals surface area contributed by atoms with E-state index in [4.69, 9.17) is 14.2 Å². The van der Waals surface area contributed by atoms with Gasteiger partial charge in [0.05, 0.1) is 18.3 Å². The molecule has 20 rings (SSSR count). The largest absolute Gasteiger partial charge is 0.487 e. The predicted octanol–water partition coefficient (Wildman–Crippen LogP) is 39.4. The molecule has 6 fully saturated rings. The van der Waals surface area contributed by atoms with E-state index in [1.54, 1.807) is 12.1 Å². The summed E-state index contributed by atoms with van der Waals surface area (Å²) in [5.74, 6) is 1.24. The van der Waals surface area contributed by atoms with E-state index in [9.17, 15) is 43.9 Å². The molecule has 15 heteroatoms. The van der Waals surface area contributed by atoms with E-state index in [2.05, 4.69) is 69.2 Å². The molecule has 0 amide bonds. The predicted molar refractivity (Wildman–Crippen MR) is 580 cm³/mol. The Balaban J connectivity index is 0.000000133. The van der Waals surface area contributed by atoms with E-state index in [1.807, 2.05) is 173 Å². The highest BCUT2D eigenvalue weighted by molar-refractivity contribution is 5.89. The molecule has 11 atom stereocenters. The number of halogens is 12. The van der Waals surface area contributed by atoms with Crippen molar-refractivity contribution < 1.29 is 66.9 Å². The second-order valence-corrected chi connectivity index (χ2v) is 48.4. The van der Waals surface area contributed by atoms with Crippen LogP contribution in [0.5, 0.6) is 17.2 Å². The van der Waals surface area contributed by atoms with Crippen molar-refractivity contribution in [1.29, 1.82) is 0 Å². The maximum atomic E-state index is 15.1. The lowest BCUT2D eigenvalue weighted by molar-refractivity contribution is 0.142. The van der Waals surface area contributed by atoms with Crippen molar-refractivity contribution in [3.05, 3.63) is 285 Å². The fourth-order valence-corrected chi connectivity index (χ4v) is 27.0. The summed E-state index contributed by atoms with van der Waals surface area (Å²) in [6.45, 7) is 43.0. The molecule has 0 radical (unpaired) electrons. The lowest BCUT2D eigenvalue weighted by atomic mass is 9.66. The summed E-state index contributed by atoms with van der Waals surface area (Å²) in [6, 6.07) is 34.8. The van der Waals surface area contributed by atoms with Crippen molar-refractivity contribution in [3.8, 4) is 17.2 Å². The second kappa shape index (κ2) is 49.4. The summed E-state index contributed by atoms with van der Waals surface area (Å²) in [5.41, 5.74) is 15.2. The molecule has 3 aliphatic heterocycles. The Morgan fingerprint density at radius 2 is 0.497 bits per heavy atom. The summed E-state index contributed by atoms with van der Waals surface area (Å²) >= 11 is 0. The van der Waals surface area contributed by atoms with Crippen molar-refractivity contribution in [2.75, 3.05) is 0 Å². The van der Waals surface area contributed by atoms with Crippen LogP contribution in [0.25, 0.3) is 21.5 Å². The van der Waals surface area contributed by atoms with Gasteiger partial charge < -0.3 is 14.2 Å². The molecule has 7 aliphatic carbocycles. The van der Waals surface area contributed by atoms with Crippen LogP contribution in [-0.4, -0.2) is 18.3 Å². The van der Waals surface area contributed by atoms with Crippen LogP contribution in [0.1, 0.15) is 431 Å². The van der Waals surface area contributed by atoms with Crippen molar-refractivity contribution >= 4 is 21.5 Å². The zero-order valence-electron chi connectivity index (χ0n) is 92.1. The Bertz CT molecular complexity index is 6150. The highest BCUT2D eigenvalue weighted by Gasteiger charge is 2.41. The Hall–Kier alpha value is -8.72. The normalized spacial score (nSPS) is 26.6. The zero-order chi connectivity index (χ0) is 106. The minimum atomic E-state index is -0.849. The highest BCUT2D eigenvalue weighted by atomic mass is 19.2. The minimum absolute atomic E-state index is 0.0375. The van der Waals surface area contributed by atoms with E-state index in [0.717, 1.165) is 215 Å². The van der Waals surface area contributed by atoms with Crippen molar-refractivity contribution in [2.24, 2.45) is 76.9 Å². The third kappa shape index (κ3) is 25.6. The van der Waals surface area contributed by atoms with Crippen LogP contribution < -0.4 is 14.2 Å². The lowest BCUT2D eigenvalue weighted by Gasteiger charge is -2.39. The Morgan fingerprint density at radius 1 is 0.245 bits per heavy atom. The molecule has 798 valence electrons. The standard InChI is InChI=1S/C27H40F2.C25H36F2O.C21H26F2.C21H20F2.C19H26F2O.C19H20F2O/c1-16-5-8-21(9-6-16)22-13-11-20(12-14-22)19(4)24-15-23-10-7-17(2)18(3)25(23)27(29)26(24)28;1-15-4-7-19(8-5-15)20-12-10-18(11-13-20)17(3)22-14-21-9-6-16(2)28-25(21)24(27)23(22)26;2*1-12-5-8-16(9-6-12)15(4)18-11-17-10-7-13(2)14(3)19(17)21(23)20(18)22;2*1-11-4-7-14(8-5-11)13(3)16-10-15-9-6-12(2)22-19(15)18(21)17(16)20/h15-22H,5-14H2,1-4H3;14-20H,4-13H2,1-3H3;7,10-12,15-16H,5-6,8-9H2,1-4H3;5-11,15H,1-4H3;10-14H,4-9H2,1-3H3;4-5,7-8,10,12-13H,6,9H2,1-3H3. The topological polar surface area (TPSA) is 27.7 Å². The van der Waals surface area contributed by atoms with Crippen LogP contribution in [0.15, 0.2) is 109 Å². The van der Waals surface area contributed by atoms with Gasteiger partial charge in [0.1, 0.15) is 0 Å². The van der Waals surface area contributed by atoms with Gasteiger partial charge in [0.15, 0.2) is 69.6 Å². The molecule has 0 spiro atoms. The number of benzene rings is 10. The van der Waals surface area contributed by atoms with Gasteiger partial charge >= 0.3 is 0 Å². The van der Waals surface area contributed by atoms with Gasteiger partial charge in [-0.3, -0.25) is 0 Å². The van der Waals surface area contributed by atoms with Crippen molar-refractivity contribution in [2.45, 2.75) is 411 Å². The molecule has 10 aromatic rings. The van der Waals surface area contributed by atoms with E-state index in [0.29, 0.717) is 79.3 Å². The molecule has 10 aliphatic rings. The maximum absolute atomic E-state index is 15.1. The number of ether oxygens (including phenoxy) is 3. The molecule has 11 unspecified atom stereocenters. The summed E-state index contributed by atoms with van der Waals surface area (Å²) in [4.78, 5) is 0. The maximum Gasteiger partial charge on any atom is 0.201 e. The van der Waals surface area contributed by atoms with Crippen LogP contribution in [0.3, 0.4) is 0 Å². The monoisotopic (exact) mass is 2030 g/mol. The summed E-state index contributed by atoms with van der Waals surface area (Å²) in [7, 11) is 0. The third-order valence-electron chi connectivity index (χ3n) is 38.3. The summed E-state index contributed by atoms with van der Waals surface area (Å²) in [5, 5.41) is 2.40. The molecule has 0 aromatic heterocycles. The average molecular weight is 2030 g/mol. The molecule has 6 saturated carbocycles. The summed E-state index contributed by atoms with van der Waals surface area (Å²) < 4.78 is 193. The van der Waals surface area contributed by atoms with Crippen molar-refractivity contribution in [1.82, 2.24) is 0 Å². The summed E-state index contributed by atoms with van der Waals surface area (Å²) in [6.07, 6.45) is 36.9. The Labute approximate surface area is 872 Å². The van der Waals surface area contributed by atoms with Gasteiger partial charge in [-0.1, -0.05) is 224 Å². The number of hydrogen-bond acceptors (Lipinski definition) is 3. The number of fused-ring (bicyclic) bond motifs is 6. The third-order valence-corrected chi connectivity index (χ3v) is 38.3. The van der Waals surface area contributed by atoms with E-state index in [-0.39, 0.29) is 77.0 Å². The molecular formula is C132H168F12O3. The first-order chi connectivity index (χ1) is 70.0. The zero-order valence-corrected chi connectivity index (χ0v) is 92.1. The Morgan fingerprint density at radius 3 is 0.837 bits per heavy atom. The quantitative estimate of drug-likeness (QED) is 0.102. The second-order valence-electron chi connectivity index (χ2n) is 48.4. The highest BCUT2D eigenvalue weighted by Crippen LogP contribution is 2.53. The SMILES string of the molecule is CC1CCC(C(C)c2cc3c(c(F)c2F)OC(C)CC3)CC1.CC1CCC(C2CCC(C(C)c3cc4c(c(F)c3F)C(C)C(C)CC4)CC2)CC1.CC1CCC(C2CCC(C(C)c3cc4c(c(F)c3F)OC(C)CC4)CC2)CC1.Cc1ccc(C(C)c2cc3c(c(F)c2F)OC(C)CC3)cc1.Cc1ccc(C(C)c2cc3ccc(C)c(C)c3c(F)c2F)cc1.Cc1ccc2cc(C(C)C3CCC(C)CC3)c(F)c(F)c2c1C. The average Bonchev–Trinajstić information content (AvgIpc) is 0.763. The van der Waals surface area contributed by atoms with Gasteiger partial charge in [0, 0.05) is 22.6 Å². The lowest BCUT2D eigenvalue weighted by Crippen LogP contribution is -2.27. The van der Waals surface area contributed by atoms with Crippen LogP contribution in [0.4, 0.5) is 52.7 Å². The van der Waals surface area contributed by atoms with E-state index in [1.165, 1.54) is 116 Å². The van der Waals surface area contributed by atoms with E-state index < -0.39 is 69.8 Å². The van der Waals surface area contributed by atoms with Crippen LogP contribution in [0, 0.1) is 188 Å². The van der Waals surface area contributed by atoms with Crippen LogP contribution in [-0.2, 0) is 25.7 Å².